The third-order valence-corrected chi connectivity index (χ3v) is 4.57. The Hall–Kier alpha value is -2.17. The van der Waals surface area contributed by atoms with Crippen molar-refractivity contribution in [2.24, 2.45) is 5.73 Å². The van der Waals surface area contributed by atoms with Crippen molar-refractivity contribution in [3.63, 3.8) is 0 Å². The van der Waals surface area contributed by atoms with E-state index < -0.39 is 0 Å². The molecule has 4 heteroatoms. The maximum absolute atomic E-state index is 12.3. The van der Waals surface area contributed by atoms with Gasteiger partial charge in [-0.05, 0) is 30.7 Å². The number of piperazine rings is 1. The first kappa shape index (κ1) is 16.7. The number of nitrogens with two attached hydrogens (primary N) is 1. The lowest BCUT2D eigenvalue weighted by Gasteiger charge is -2.35. The van der Waals surface area contributed by atoms with E-state index in [1.807, 2.05) is 30.3 Å². The number of rotatable bonds is 6. The minimum Gasteiger partial charge on any atom is -0.369 e. The minimum absolute atomic E-state index is 0.204. The fraction of sp³-hybridized carbons (Fsp3) is 0.350. The number of benzene rings is 2. The van der Waals surface area contributed by atoms with E-state index in [-0.39, 0.29) is 5.78 Å². The molecule has 0 bridgehead atoms. The smallest absolute Gasteiger partial charge is 0.176 e. The zero-order valence-electron chi connectivity index (χ0n) is 14.0. The molecule has 1 saturated heterocycles. The van der Waals surface area contributed by atoms with Crippen LogP contribution in [0.4, 0.5) is 5.69 Å². The number of Topliss-reactive ketones (excluding diaryl/α,β-unsaturated/α-hetero) is 1. The molecule has 1 heterocycles. The molecule has 3 rings (SSSR count). The first-order valence-electron chi connectivity index (χ1n) is 8.61. The molecule has 0 radical (unpaired) electrons. The van der Waals surface area contributed by atoms with Crippen molar-refractivity contribution in [2.45, 2.75) is 6.42 Å². The van der Waals surface area contributed by atoms with Crippen LogP contribution in [0.5, 0.6) is 0 Å². The van der Waals surface area contributed by atoms with E-state index in [1.165, 1.54) is 11.3 Å². The highest BCUT2D eigenvalue weighted by Crippen LogP contribution is 2.17. The molecule has 0 unspecified atom stereocenters. The van der Waals surface area contributed by atoms with Gasteiger partial charge in [-0.2, -0.15) is 0 Å². The Bertz CT molecular complexity index is 646. The van der Waals surface area contributed by atoms with Crippen LogP contribution < -0.4 is 10.6 Å². The Kier molecular flexibility index (Phi) is 5.62. The quantitative estimate of drug-likeness (QED) is 0.828. The van der Waals surface area contributed by atoms with Gasteiger partial charge in [-0.15, -0.1) is 0 Å². The van der Waals surface area contributed by atoms with Crippen LogP contribution in [0.1, 0.15) is 15.9 Å². The maximum atomic E-state index is 12.3. The Morgan fingerprint density at radius 1 is 0.917 bits per heavy atom. The molecule has 2 aromatic carbocycles. The van der Waals surface area contributed by atoms with Gasteiger partial charge in [-0.25, -0.2) is 0 Å². The van der Waals surface area contributed by atoms with Gasteiger partial charge in [0.05, 0.1) is 6.54 Å². The largest absolute Gasteiger partial charge is 0.369 e. The number of ketones is 1. The number of carbonyl (C=O) groups excluding carboxylic acids is 1. The summed E-state index contributed by atoms with van der Waals surface area (Å²) < 4.78 is 0. The fourth-order valence-corrected chi connectivity index (χ4v) is 3.12. The summed E-state index contributed by atoms with van der Waals surface area (Å²) in [5.41, 5.74) is 8.94. The number of carbonyl (C=O) groups is 1. The van der Waals surface area contributed by atoms with Gasteiger partial charge in [0.2, 0.25) is 0 Å². The second-order valence-electron chi connectivity index (χ2n) is 6.26. The highest BCUT2D eigenvalue weighted by atomic mass is 16.1. The lowest BCUT2D eigenvalue weighted by atomic mass is 10.1. The molecular weight excluding hydrogens is 298 g/mol. The van der Waals surface area contributed by atoms with Gasteiger partial charge in [-0.3, -0.25) is 9.69 Å². The Balaban J connectivity index is 1.51. The normalized spacial score (nSPS) is 15.5. The Labute approximate surface area is 143 Å². The number of hydrogen-bond donors (Lipinski definition) is 1. The van der Waals surface area contributed by atoms with Crippen LogP contribution in [-0.2, 0) is 6.42 Å². The van der Waals surface area contributed by atoms with Crippen LogP contribution in [0, 0.1) is 0 Å². The summed E-state index contributed by atoms with van der Waals surface area (Å²) in [6.45, 7) is 4.95. The molecule has 0 aliphatic carbocycles. The molecule has 126 valence electrons. The molecule has 1 aliphatic rings. The highest BCUT2D eigenvalue weighted by molar-refractivity contribution is 5.97. The van der Waals surface area contributed by atoms with Crippen molar-refractivity contribution in [3.05, 3.63) is 65.7 Å². The van der Waals surface area contributed by atoms with Gasteiger partial charge in [-0.1, -0.05) is 42.5 Å². The molecular formula is C20H25N3O. The Morgan fingerprint density at radius 3 is 2.21 bits per heavy atom. The van der Waals surface area contributed by atoms with Gasteiger partial charge in [0, 0.05) is 37.4 Å². The molecule has 1 fully saturated rings. The molecule has 0 aromatic heterocycles. The zero-order chi connectivity index (χ0) is 16.8. The van der Waals surface area contributed by atoms with Gasteiger partial charge >= 0.3 is 0 Å². The zero-order valence-corrected chi connectivity index (χ0v) is 14.0. The maximum Gasteiger partial charge on any atom is 0.176 e. The lowest BCUT2D eigenvalue weighted by molar-refractivity contribution is 0.0926. The van der Waals surface area contributed by atoms with E-state index in [0.717, 1.165) is 38.2 Å². The molecule has 1 aliphatic heterocycles. The van der Waals surface area contributed by atoms with E-state index in [9.17, 15) is 4.79 Å². The molecule has 4 nitrogen and oxygen atoms in total. The van der Waals surface area contributed by atoms with Crippen LogP contribution in [0.2, 0.25) is 0 Å². The number of nitrogens with zero attached hydrogens (tertiary/aromatic N) is 2. The second-order valence-corrected chi connectivity index (χ2v) is 6.26. The monoisotopic (exact) mass is 323 g/mol. The van der Waals surface area contributed by atoms with E-state index in [4.69, 9.17) is 5.73 Å². The second kappa shape index (κ2) is 8.08. The molecule has 0 spiro atoms. The average Bonchev–Trinajstić information content (AvgIpc) is 2.64. The summed E-state index contributed by atoms with van der Waals surface area (Å²) in [7, 11) is 0. The molecule has 2 aromatic rings. The molecule has 0 atom stereocenters. The first-order valence-corrected chi connectivity index (χ1v) is 8.61. The summed E-state index contributed by atoms with van der Waals surface area (Å²) in [4.78, 5) is 16.9. The van der Waals surface area contributed by atoms with Crippen molar-refractivity contribution in [1.82, 2.24) is 4.90 Å². The lowest BCUT2D eigenvalue weighted by Crippen LogP contribution is -2.48. The van der Waals surface area contributed by atoms with Crippen molar-refractivity contribution in [3.8, 4) is 0 Å². The number of anilines is 1. The highest BCUT2D eigenvalue weighted by Gasteiger charge is 2.19. The first-order chi connectivity index (χ1) is 11.8. The average molecular weight is 323 g/mol. The van der Waals surface area contributed by atoms with Crippen LogP contribution in [0.3, 0.4) is 0 Å². The predicted octanol–water partition coefficient (Wildman–Crippen LogP) is 2.19. The van der Waals surface area contributed by atoms with Crippen LogP contribution in [-0.4, -0.2) is 50.0 Å². The molecule has 0 saturated carbocycles. The predicted molar refractivity (Wildman–Crippen MR) is 98.6 cm³/mol. The third kappa shape index (κ3) is 4.22. The topological polar surface area (TPSA) is 49.6 Å². The van der Waals surface area contributed by atoms with Gasteiger partial charge in [0.15, 0.2) is 5.78 Å². The van der Waals surface area contributed by atoms with Crippen LogP contribution in [0.15, 0.2) is 54.6 Å². The summed E-state index contributed by atoms with van der Waals surface area (Å²) in [5, 5.41) is 0. The third-order valence-electron chi connectivity index (χ3n) is 4.57. The van der Waals surface area contributed by atoms with E-state index in [0.29, 0.717) is 13.1 Å². The summed E-state index contributed by atoms with van der Waals surface area (Å²) in [6.07, 6.45) is 0.926. The SMILES string of the molecule is NCCc1ccc(N2CCN(CC(=O)c3ccccc3)CC2)cc1. The van der Waals surface area contributed by atoms with E-state index >= 15 is 0 Å². The van der Waals surface area contributed by atoms with Gasteiger partial charge in [0.25, 0.3) is 0 Å². The van der Waals surface area contributed by atoms with Gasteiger partial charge in [0.1, 0.15) is 0 Å². The summed E-state index contributed by atoms with van der Waals surface area (Å²) in [5.74, 6) is 0.204. The van der Waals surface area contributed by atoms with Crippen molar-refractivity contribution in [1.29, 1.82) is 0 Å². The molecule has 0 amide bonds. The van der Waals surface area contributed by atoms with Crippen LogP contribution in [0.25, 0.3) is 0 Å². The van der Waals surface area contributed by atoms with Gasteiger partial charge < -0.3 is 10.6 Å². The minimum atomic E-state index is 0.204. The standard InChI is InChI=1S/C20H25N3O/c21-11-10-17-6-8-19(9-7-17)23-14-12-22(13-15-23)16-20(24)18-4-2-1-3-5-18/h1-9H,10-16,21H2. The fourth-order valence-electron chi connectivity index (χ4n) is 3.12. The van der Waals surface area contributed by atoms with Crippen molar-refractivity contribution >= 4 is 11.5 Å². The van der Waals surface area contributed by atoms with E-state index in [2.05, 4.69) is 34.1 Å². The Morgan fingerprint density at radius 2 is 1.58 bits per heavy atom. The molecule has 24 heavy (non-hydrogen) atoms. The molecule has 2 N–H and O–H groups in total. The number of hydrogen-bond acceptors (Lipinski definition) is 4. The van der Waals surface area contributed by atoms with Crippen LogP contribution >= 0.6 is 0 Å². The van der Waals surface area contributed by atoms with E-state index in [1.54, 1.807) is 0 Å². The summed E-state index contributed by atoms with van der Waals surface area (Å²) >= 11 is 0. The van der Waals surface area contributed by atoms with Crippen molar-refractivity contribution < 1.29 is 4.79 Å². The van der Waals surface area contributed by atoms with Crippen molar-refractivity contribution in [2.75, 3.05) is 44.2 Å². The summed E-state index contributed by atoms with van der Waals surface area (Å²) in [6, 6.07) is 18.2.